The van der Waals surface area contributed by atoms with Crippen LogP contribution in [0.5, 0.6) is 0 Å². The Balaban J connectivity index is 2.77. The molecular weight excluding hydrogens is 188 g/mol. The van der Waals surface area contributed by atoms with Crippen LogP contribution in [0, 0.1) is 0 Å². The van der Waals surface area contributed by atoms with Crippen molar-refractivity contribution >= 4 is 11.5 Å². The van der Waals surface area contributed by atoms with E-state index in [4.69, 9.17) is 5.73 Å². The SMILES string of the molecule is CC(=O)c1ccc(NC(C)(C)CN)cc1. The second kappa shape index (κ2) is 4.45. The minimum atomic E-state index is -0.127. The normalized spacial score (nSPS) is 11.2. The third kappa shape index (κ3) is 3.36. The predicted octanol–water partition coefficient (Wildman–Crippen LogP) is 2.04. The van der Waals surface area contributed by atoms with Crippen molar-refractivity contribution in [3.63, 3.8) is 0 Å². The van der Waals surface area contributed by atoms with E-state index in [9.17, 15) is 4.79 Å². The largest absolute Gasteiger partial charge is 0.379 e. The second-order valence-corrected chi connectivity index (χ2v) is 4.35. The van der Waals surface area contributed by atoms with Gasteiger partial charge in [0, 0.05) is 23.3 Å². The molecule has 0 aliphatic rings. The molecule has 1 rings (SSSR count). The molecule has 0 saturated heterocycles. The van der Waals surface area contributed by atoms with E-state index in [1.54, 1.807) is 6.92 Å². The molecule has 1 aromatic carbocycles. The third-order valence-electron chi connectivity index (χ3n) is 2.28. The van der Waals surface area contributed by atoms with Gasteiger partial charge in [-0.2, -0.15) is 0 Å². The molecule has 0 atom stereocenters. The summed E-state index contributed by atoms with van der Waals surface area (Å²) in [4.78, 5) is 11.1. The number of nitrogens with two attached hydrogens (primary N) is 1. The van der Waals surface area contributed by atoms with Crippen molar-refractivity contribution in [1.29, 1.82) is 0 Å². The molecule has 3 heteroatoms. The molecule has 0 unspecified atom stereocenters. The van der Waals surface area contributed by atoms with Gasteiger partial charge in [-0.1, -0.05) is 0 Å². The van der Waals surface area contributed by atoms with Crippen molar-refractivity contribution in [3.8, 4) is 0 Å². The summed E-state index contributed by atoms with van der Waals surface area (Å²) in [5.41, 5.74) is 7.20. The summed E-state index contributed by atoms with van der Waals surface area (Å²) in [6.07, 6.45) is 0. The van der Waals surface area contributed by atoms with E-state index >= 15 is 0 Å². The summed E-state index contributed by atoms with van der Waals surface area (Å²) >= 11 is 0. The standard InChI is InChI=1S/C12H18N2O/c1-9(15)10-4-6-11(7-5-10)14-12(2,3)8-13/h4-7,14H,8,13H2,1-3H3. The molecule has 3 nitrogen and oxygen atoms in total. The van der Waals surface area contributed by atoms with Crippen LogP contribution >= 0.6 is 0 Å². The molecular formula is C12H18N2O. The van der Waals surface area contributed by atoms with Crippen LogP contribution in [0.25, 0.3) is 0 Å². The summed E-state index contributed by atoms with van der Waals surface area (Å²) < 4.78 is 0. The first kappa shape index (κ1) is 11.7. The lowest BCUT2D eigenvalue weighted by molar-refractivity contribution is 0.101. The lowest BCUT2D eigenvalue weighted by Crippen LogP contribution is -2.39. The highest BCUT2D eigenvalue weighted by Crippen LogP contribution is 2.15. The highest BCUT2D eigenvalue weighted by atomic mass is 16.1. The van der Waals surface area contributed by atoms with Gasteiger partial charge in [-0.25, -0.2) is 0 Å². The maximum atomic E-state index is 11.1. The number of benzene rings is 1. The van der Waals surface area contributed by atoms with Gasteiger partial charge in [0.2, 0.25) is 0 Å². The molecule has 0 heterocycles. The van der Waals surface area contributed by atoms with E-state index in [-0.39, 0.29) is 11.3 Å². The fraction of sp³-hybridized carbons (Fsp3) is 0.417. The van der Waals surface area contributed by atoms with Crippen molar-refractivity contribution in [2.24, 2.45) is 5.73 Å². The summed E-state index contributed by atoms with van der Waals surface area (Å²) in [5.74, 6) is 0.0830. The summed E-state index contributed by atoms with van der Waals surface area (Å²) in [6, 6.07) is 7.43. The van der Waals surface area contributed by atoms with E-state index in [1.165, 1.54) is 0 Å². The Labute approximate surface area is 90.7 Å². The fourth-order valence-corrected chi connectivity index (χ4v) is 1.23. The van der Waals surface area contributed by atoms with Gasteiger partial charge in [0.25, 0.3) is 0 Å². The molecule has 0 fully saturated rings. The number of ketones is 1. The van der Waals surface area contributed by atoms with E-state index in [2.05, 4.69) is 5.32 Å². The Morgan fingerprint density at radius 2 is 1.87 bits per heavy atom. The van der Waals surface area contributed by atoms with Gasteiger partial charge in [0.1, 0.15) is 0 Å². The maximum absolute atomic E-state index is 11.1. The Bertz CT molecular complexity index is 341. The zero-order chi connectivity index (χ0) is 11.5. The molecule has 0 aliphatic heterocycles. The number of carbonyl (C=O) groups is 1. The number of Topliss-reactive ketones (excluding diaryl/α,β-unsaturated/α-hetero) is 1. The van der Waals surface area contributed by atoms with Gasteiger partial charge in [-0.05, 0) is 45.0 Å². The van der Waals surface area contributed by atoms with Crippen LogP contribution in [0.1, 0.15) is 31.1 Å². The molecule has 0 aromatic heterocycles. The van der Waals surface area contributed by atoms with Gasteiger partial charge >= 0.3 is 0 Å². The minimum absolute atomic E-state index is 0.0830. The van der Waals surface area contributed by atoms with E-state index in [0.717, 1.165) is 11.3 Å². The highest BCUT2D eigenvalue weighted by molar-refractivity contribution is 5.94. The number of hydrogen-bond donors (Lipinski definition) is 2. The van der Waals surface area contributed by atoms with E-state index in [0.29, 0.717) is 6.54 Å². The quantitative estimate of drug-likeness (QED) is 0.741. The monoisotopic (exact) mass is 206 g/mol. The van der Waals surface area contributed by atoms with Crippen LogP contribution in [0.2, 0.25) is 0 Å². The Hall–Kier alpha value is -1.35. The topological polar surface area (TPSA) is 55.1 Å². The van der Waals surface area contributed by atoms with Crippen LogP contribution < -0.4 is 11.1 Å². The second-order valence-electron chi connectivity index (χ2n) is 4.35. The predicted molar refractivity (Wildman–Crippen MR) is 63.2 cm³/mol. The molecule has 0 amide bonds. The maximum Gasteiger partial charge on any atom is 0.159 e. The third-order valence-corrected chi connectivity index (χ3v) is 2.28. The summed E-state index contributed by atoms with van der Waals surface area (Å²) in [7, 11) is 0. The number of carbonyl (C=O) groups excluding carboxylic acids is 1. The number of nitrogens with one attached hydrogen (secondary N) is 1. The molecule has 1 aromatic rings. The molecule has 0 spiro atoms. The van der Waals surface area contributed by atoms with Gasteiger partial charge in [0.15, 0.2) is 5.78 Å². The first-order valence-corrected chi connectivity index (χ1v) is 5.04. The molecule has 0 aliphatic carbocycles. The summed E-state index contributed by atoms with van der Waals surface area (Å²) in [6.45, 7) is 6.19. The lowest BCUT2D eigenvalue weighted by Gasteiger charge is -2.25. The van der Waals surface area contributed by atoms with Crippen molar-refractivity contribution in [1.82, 2.24) is 0 Å². The van der Waals surface area contributed by atoms with Crippen molar-refractivity contribution < 1.29 is 4.79 Å². The minimum Gasteiger partial charge on any atom is -0.379 e. The van der Waals surface area contributed by atoms with Crippen LogP contribution in [-0.2, 0) is 0 Å². The number of rotatable bonds is 4. The molecule has 0 bridgehead atoms. The number of hydrogen-bond acceptors (Lipinski definition) is 3. The Kier molecular flexibility index (Phi) is 3.48. The van der Waals surface area contributed by atoms with Crippen LogP contribution in [0.4, 0.5) is 5.69 Å². The van der Waals surface area contributed by atoms with Crippen molar-refractivity contribution in [3.05, 3.63) is 29.8 Å². The van der Waals surface area contributed by atoms with Gasteiger partial charge in [-0.15, -0.1) is 0 Å². The molecule has 0 radical (unpaired) electrons. The van der Waals surface area contributed by atoms with Crippen LogP contribution in [0.15, 0.2) is 24.3 Å². The smallest absolute Gasteiger partial charge is 0.159 e. The lowest BCUT2D eigenvalue weighted by atomic mass is 10.0. The van der Waals surface area contributed by atoms with Crippen LogP contribution in [0.3, 0.4) is 0 Å². The Morgan fingerprint density at radius 3 is 2.27 bits per heavy atom. The van der Waals surface area contributed by atoms with Crippen LogP contribution in [-0.4, -0.2) is 17.9 Å². The highest BCUT2D eigenvalue weighted by Gasteiger charge is 2.14. The molecule has 0 saturated carbocycles. The van der Waals surface area contributed by atoms with Crippen molar-refractivity contribution in [2.75, 3.05) is 11.9 Å². The average molecular weight is 206 g/mol. The molecule has 3 N–H and O–H groups in total. The van der Waals surface area contributed by atoms with Gasteiger partial charge in [0.05, 0.1) is 0 Å². The molecule has 82 valence electrons. The molecule has 15 heavy (non-hydrogen) atoms. The Morgan fingerprint density at radius 1 is 1.33 bits per heavy atom. The first-order valence-electron chi connectivity index (χ1n) is 5.04. The van der Waals surface area contributed by atoms with Crippen molar-refractivity contribution in [2.45, 2.75) is 26.3 Å². The van der Waals surface area contributed by atoms with E-state index in [1.807, 2.05) is 38.1 Å². The fourth-order valence-electron chi connectivity index (χ4n) is 1.23. The number of anilines is 1. The zero-order valence-electron chi connectivity index (χ0n) is 9.50. The first-order chi connectivity index (χ1) is 6.94. The van der Waals surface area contributed by atoms with Gasteiger partial charge in [-0.3, -0.25) is 4.79 Å². The average Bonchev–Trinajstić information content (AvgIpc) is 2.18. The van der Waals surface area contributed by atoms with E-state index < -0.39 is 0 Å². The van der Waals surface area contributed by atoms with Gasteiger partial charge < -0.3 is 11.1 Å². The zero-order valence-corrected chi connectivity index (χ0v) is 9.50. The summed E-state index contributed by atoms with van der Waals surface area (Å²) in [5, 5.41) is 3.30.